The van der Waals surface area contributed by atoms with Gasteiger partial charge in [-0.05, 0) is 48.1 Å². The van der Waals surface area contributed by atoms with Gasteiger partial charge in [-0.25, -0.2) is 0 Å². The van der Waals surface area contributed by atoms with Gasteiger partial charge in [-0.2, -0.15) is 18.2 Å². The van der Waals surface area contributed by atoms with Crippen LogP contribution < -0.4 is 5.43 Å². The summed E-state index contributed by atoms with van der Waals surface area (Å²) in [5.74, 6) is -1.13. The molecule has 1 fully saturated rings. The Morgan fingerprint density at radius 3 is 2.48 bits per heavy atom. The van der Waals surface area contributed by atoms with E-state index in [0.29, 0.717) is 5.56 Å². The molecule has 4 nitrogen and oxygen atoms in total. The van der Waals surface area contributed by atoms with Gasteiger partial charge in [0.2, 0.25) is 0 Å². The second-order valence-electron chi connectivity index (χ2n) is 5.45. The highest BCUT2D eigenvalue weighted by molar-refractivity contribution is 8.26. The first-order chi connectivity index (χ1) is 12.8. The highest BCUT2D eigenvalue weighted by Crippen LogP contribution is 2.33. The second-order valence-corrected chi connectivity index (χ2v) is 7.12. The van der Waals surface area contributed by atoms with Crippen molar-refractivity contribution in [1.29, 1.82) is 0 Å². The van der Waals surface area contributed by atoms with E-state index < -0.39 is 23.6 Å². The Kier molecular flexibility index (Phi) is 5.33. The van der Waals surface area contributed by atoms with Crippen molar-refractivity contribution < 1.29 is 22.8 Å². The molecule has 27 heavy (non-hydrogen) atoms. The Labute approximate surface area is 162 Å². The van der Waals surface area contributed by atoms with E-state index >= 15 is 0 Å². The fourth-order valence-electron chi connectivity index (χ4n) is 2.28. The topological polar surface area (TPSA) is 49.4 Å². The van der Waals surface area contributed by atoms with Gasteiger partial charge in [0.15, 0.2) is 4.32 Å². The predicted octanol–water partition coefficient (Wildman–Crippen LogP) is 4.25. The fourth-order valence-corrected chi connectivity index (χ4v) is 3.46. The summed E-state index contributed by atoms with van der Waals surface area (Å²) in [4.78, 5) is 24.8. The molecule has 2 amide bonds. The number of nitrogens with zero attached hydrogens (tertiary/aromatic N) is 1. The van der Waals surface area contributed by atoms with Crippen LogP contribution in [0.1, 0.15) is 21.5 Å². The van der Waals surface area contributed by atoms with Crippen LogP contribution in [0.25, 0.3) is 6.08 Å². The smallest absolute Gasteiger partial charge is 0.267 e. The van der Waals surface area contributed by atoms with Crippen molar-refractivity contribution in [2.45, 2.75) is 6.18 Å². The van der Waals surface area contributed by atoms with Crippen LogP contribution >= 0.6 is 24.0 Å². The van der Waals surface area contributed by atoms with E-state index in [1.165, 1.54) is 18.2 Å². The zero-order valence-electron chi connectivity index (χ0n) is 13.5. The number of amides is 2. The number of thiocarbonyl (C=S) groups is 1. The molecule has 0 aliphatic carbocycles. The molecule has 0 unspecified atom stereocenters. The van der Waals surface area contributed by atoms with E-state index in [1.807, 2.05) is 0 Å². The molecule has 1 saturated heterocycles. The third-order valence-corrected chi connectivity index (χ3v) is 4.86. The molecule has 138 valence electrons. The molecule has 1 aliphatic heterocycles. The summed E-state index contributed by atoms with van der Waals surface area (Å²) < 4.78 is 38.5. The van der Waals surface area contributed by atoms with Crippen LogP contribution in [0.5, 0.6) is 0 Å². The average molecular weight is 408 g/mol. The number of rotatable bonds is 3. The number of benzene rings is 2. The summed E-state index contributed by atoms with van der Waals surface area (Å²) in [6, 6.07) is 12.8. The molecule has 0 spiro atoms. The van der Waals surface area contributed by atoms with Gasteiger partial charge in [0.05, 0.1) is 10.5 Å². The maximum Gasteiger partial charge on any atom is 0.416 e. The lowest BCUT2D eigenvalue weighted by Crippen LogP contribution is -2.44. The predicted molar refractivity (Wildman–Crippen MR) is 100 cm³/mol. The van der Waals surface area contributed by atoms with Crippen molar-refractivity contribution in [2.75, 3.05) is 0 Å². The number of hydrazine groups is 1. The molecule has 2 aromatic carbocycles. The van der Waals surface area contributed by atoms with Gasteiger partial charge in [0.25, 0.3) is 11.8 Å². The third kappa shape index (κ3) is 4.37. The third-order valence-electron chi connectivity index (χ3n) is 3.55. The molecular weight excluding hydrogens is 397 g/mol. The van der Waals surface area contributed by atoms with Gasteiger partial charge in [-0.3, -0.25) is 15.0 Å². The monoisotopic (exact) mass is 408 g/mol. The van der Waals surface area contributed by atoms with Crippen LogP contribution in [-0.2, 0) is 11.0 Å². The number of carbonyl (C=O) groups excluding carboxylic acids is 2. The molecule has 3 rings (SSSR count). The molecular formula is C18H11F3N2O2S2. The van der Waals surface area contributed by atoms with Crippen molar-refractivity contribution in [3.05, 3.63) is 76.2 Å². The van der Waals surface area contributed by atoms with Gasteiger partial charge in [0.1, 0.15) is 0 Å². The Morgan fingerprint density at radius 1 is 1.11 bits per heavy atom. The van der Waals surface area contributed by atoms with Crippen molar-refractivity contribution in [3.8, 4) is 0 Å². The minimum absolute atomic E-state index is 0.0857. The zero-order valence-corrected chi connectivity index (χ0v) is 15.1. The number of alkyl halides is 3. The molecule has 0 aromatic heterocycles. The number of hydrogen-bond acceptors (Lipinski definition) is 4. The summed E-state index contributed by atoms with van der Waals surface area (Å²) in [6.07, 6.45) is -3.17. The average Bonchev–Trinajstić information content (AvgIpc) is 2.89. The number of hydrogen-bond donors (Lipinski definition) is 1. The number of carbonyl (C=O) groups is 2. The number of nitrogens with one attached hydrogen (secondary N) is 1. The molecule has 1 aliphatic rings. The minimum atomic E-state index is -4.48. The molecule has 0 bridgehead atoms. The molecule has 0 atom stereocenters. The molecule has 9 heteroatoms. The van der Waals surface area contributed by atoms with E-state index in [2.05, 4.69) is 5.43 Å². The molecule has 2 aromatic rings. The van der Waals surface area contributed by atoms with Crippen molar-refractivity contribution in [1.82, 2.24) is 10.4 Å². The maximum atomic E-state index is 12.8. The van der Waals surface area contributed by atoms with E-state index in [9.17, 15) is 22.8 Å². The van der Waals surface area contributed by atoms with Crippen molar-refractivity contribution in [2.24, 2.45) is 0 Å². The summed E-state index contributed by atoms with van der Waals surface area (Å²) in [5.41, 5.74) is 2.14. The lowest BCUT2D eigenvalue weighted by atomic mass is 10.1. The summed E-state index contributed by atoms with van der Waals surface area (Å²) in [7, 11) is 0. The van der Waals surface area contributed by atoms with Crippen molar-refractivity contribution >= 4 is 46.2 Å². The van der Waals surface area contributed by atoms with Crippen LogP contribution in [0.3, 0.4) is 0 Å². The van der Waals surface area contributed by atoms with Gasteiger partial charge < -0.3 is 0 Å². The van der Waals surface area contributed by atoms with Crippen LogP contribution in [-0.4, -0.2) is 21.1 Å². The lowest BCUT2D eigenvalue weighted by molar-refractivity contribution is -0.137. The highest BCUT2D eigenvalue weighted by Gasteiger charge is 2.34. The lowest BCUT2D eigenvalue weighted by Gasteiger charge is -2.15. The Morgan fingerprint density at radius 2 is 1.81 bits per heavy atom. The van der Waals surface area contributed by atoms with Gasteiger partial charge in [-0.15, -0.1) is 0 Å². The second kappa shape index (κ2) is 7.53. The maximum absolute atomic E-state index is 12.8. The van der Waals surface area contributed by atoms with Crippen LogP contribution in [0.2, 0.25) is 0 Å². The Balaban J connectivity index is 1.80. The molecule has 0 radical (unpaired) electrons. The Hall–Kier alpha value is -2.65. The quantitative estimate of drug-likeness (QED) is 0.609. The zero-order chi connectivity index (χ0) is 19.6. The standard InChI is InChI=1S/C18H11F3N2O2S2/c19-18(20,21)13-8-4-5-11(9-13)10-14-16(25)23(17(26)27-14)22-15(24)12-6-2-1-3-7-12/h1-10H,(H,22,24)/b14-10-. The first kappa shape index (κ1) is 19.1. The SMILES string of the molecule is O=C(NN1C(=O)/C(=C/c2cccc(C(F)(F)F)c2)SC1=S)c1ccccc1. The largest absolute Gasteiger partial charge is 0.416 e. The van der Waals surface area contributed by atoms with E-state index in [1.54, 1.807) is 30.3 Å². The van der Waals surface area contributed by atoms with Crippen molar-refractivity contribution in [3.63, 3.8) is 0 Å². The molecule has 1 N–H and O–H groups in total. The minimum Gasteiger partial charge on any atom is -0.267 e. The number of halogens is 3. The Bertz CT molecular complexity index is 943. The van der Waals surface area contributed by atoms with Gasteiger partial charge >= 0.3 is 6.18 Å². The van der Waals surface area contributed by atoms with E-state index in [4.69, 9.17) is 12.2 Å². The van der Waals surface area contributed by atoms with Crippen LogP contribution in [0.4, 0.5) is 13.2 Å². The fraction of sp³-hybridized carbons (Fsp3) is 0.0556. The number of thioether (sulfide) groups is 1. The van der Waals surface area contributed by atoms with E-state index in [-0.39, 0.29) is 14.8 Å². The molecule has 0 saturated carbocycles. The summed E-state index contributed by atoms with van der Waals surface area (Å²) in [5, 5.41) is 0.911. The van der Waals surface area contributed by atoms with Gasteiger partial charge in [-0.1, -0.05) is 42.1 Å². The molecule has 1 heterocycles. The van der Waals surface area contributed by atoms with E-state index in [0.717, 1.165) is 28.9 Å². The highest BCUT2D eigenvalue weighted by atomic mass is 32.2. The summed E-state index contributed by atoms with van der Waals surface area (Å²) >= 11 is 6.00. The van der Waals surface area contributed by atoms with Crippen LogP contribution in [0, 0.1) is 0 Å². The summed E-state index contributed by atoms with van der Waals surface area (Å²) in [6.45, 7) is 0. The van der Waals surface area contributed by atoms with Crippen LogP contribution in [0.15, 0.2) is 59.5 Å². The first-order valence-corrected chi connectivity index (χ1v) is 8.79. The first-order valence-electron chi connectivity index (χ1n) is 7.57. The normalized spacial score (nSPS) is 16.1. The van der Waals surface area contributed by atoms with Gasteiger partial charge in [0, 0.05) is 5.56 Å².